The van der Waals surface area contributed by atoms with Gasteiger partial charge in [0.05, 0.1) is 35.4 Å². The smallest absolute Gasteiger partial charge is 0.257 e. The van der Waals surface area contributed by atoms with E-state index in [1.165, 1.54) is 29.2 Å². The summed E-state index contributed by atoms with van der Waals surface area (Å²) in [5.41, 5.74) is 2.16. The summed E-state index contributed by atoms with van der Waals surface area (Å²) in [5, 5.41) is 12.6. The summed E-state index contributed by atoms with van der Waals surface area (Å²) in [6, 6.07) is 5.54. The SMILES string of the molecule is Cn1nc2c(c1-c1cc(F)c(F)c(F)c1)C[C@H]1CCC[C@@H]2N1C(=O)c1cccc(F)c1-n1nccn1. The van der Waals surface area contributed by atoms with Crippen molar-refractivity contribution in [3.63, 3.8) is 0 Å². The van der Waals surface area contributed by atoms with Crippen molar-refractivity contribution in [2.75, 3.05) is 0 Å². The molecule has 11 heteroatoms. The van der Waals surface area contributed by atoms with Gasteiger partial charge in [-0.1, -0.05) is 6.07 Å². The van der Waals surface area contributed by atoms with E-state index in [-0.39, 0.29) is 28.8 Å². The van der Waals surface area contributed by atoms with Crippen molar-refractivity contribution in [3.8, 4) is 16.9 Å². The normalized spacial score (nSPS) is 18.9. The van der Waals surface area contributed by atoms with Gasteiger partial charge in [-0.15, -0.1) is 4.80 Å². The van der Waals surface area contributed by atoms with Gasteiger partial charge in [-0.2, -0.15) is 15.3 Å². The molecule has 1 amide bonds. The third-order valence-corrected chi connectivity index (χ3v) is 7.00. The van der Waals surface area contributed by atoms with Gasteiger partial charge in [0.1, 0.15) is 5.69 Å². The molecule has 4 heterocycles. The maximum absolute atomic E-state index is 14.8. The van der Waals surface area contributed by atoms with Crippen LogP contribution in [0.25, 0.3) is 16.9 Å². The van der Waals surface area contributed by atoms with Crippen LogP contribution >= 0.6 is 0 Å². The van der Waals surface area contributed by atoms with Crippen molar-refractivity contribution < 1.29 is 22.4 Å². The molecule has 0 aliphatic carbocycles. The lowest BCUT2D eigenvalue weighted by atomic mass is 9.81. The number of carbonyl (C=O) groups excluding carboxylic acids is 1. The lowest BCUT2D eigenvalue weighted by Crippen LogP contribution is -2.50. The Kier molecular flexibility index (Phi) is 5.16. The molecule has 2 aliphatic rings. The Bertz CT molecular complexity index is 1480. The molecule has 2 aromatic carbocycles. The van der Waals surface area contributed by atoms with Crippen LogP contribution in [0.5, 0.6) is 0 Å². The molecule has 2 bridgehead atoms. The highest BCUT2D eigenvalue weighted by Crippen LogP contribution is 2.45. The number of piperidine rings is 1. The van der Waals surface area contributed by atoms with E-state index in [1.54, 1.807) is 18.0 Å². The average Bonchev–Trinajstić information content (AvgIpc) is 3.49. The van der Waals surface area contributed by atoms with Gasteiger partial charge in [0, 0.05) is 24.2 Å². The highest BCUT2D eigenvalue weighted by molar-refractivity contribution is 5.98. The fraction of sp³-hybridized carbons (Fsp3) is 0.280. The van der Waals surface area contributed by atoms with Crippen molar-refractivity contribution >= 4 is 5.91 Å². The van der Waals surface area contributed by atoms with Crippen molar-refractivity contribution in [1.82, 2.24) is 29.7 Å². The molecular weight excluding hydrogens is 476 g/mol. The molecule has 1 fully saturated rings. The number of aromatic nitrogens is 5. The van der Waals surface area contributed by atoms with Crippen LogP contribution in [-0.2, 0) is 13.5 Å². The van der Waals surface area contributed by atoms with E-state index in [4.69, 9.17) is 0 Å². The first-order valence-electron chi connectivity index (χ1n) is 11.5. The number of hydrogen-bond acceptors (Lipinski definition) is 4. The van der Waals surface area contributed by atoms with Crippen LogP contribution < -0.4 is 0 Å². The van der Waals surface area contributed by atoms with E-state index in [0.29, 0.717) is 30.7 Å². The first-order chi connectivity index (χ1) is 17.3. The lowest BCUT2D eigenvalue weighted by molar-refractivity contribution is 0.0391. The van der Waals surface area contributed by atoms with Crippen molar-refractivity contribution in [1.29, 1.82) is 0 Å². The Morgan fingerprint density at radius 1 is 1.00 bits per heavy atom. The number of carbonyl (C=O) groups is 1. The number of benzene rings is 2. The largest absolute Gasteiger partial charge is 0.327 e. The Morgan fingerprint density at radius 3 is 2.44 bits per heavy atom. The van der Waals surface area contributed by atoms with E-state index in [2.05, 4.69) is 15.3 Å². The number of para-hydroxylation sites is 1. The second-order valence-electron chi connectivity index (χ2n) is 9.06. The Balaban J connectivity index is 1.45. The van der Waals surface area contributed by atoms with Crippen molar-refractivity contribution in [3.05, 3.63) is 82.8 Å². The van der Waals surface area contributed by atoms with Crippen LogP contribution in [0.4, 0.5) is 17.6 Å². The van der Waals surface area contributed by atoms with E-state index in [0.717, 1.165) is 28.9 Å². The zero-order valence-electron chi connectivity index (χ0n) is 19.1. The van der Waals surface area contributed by atoms with Gasteiger partial charge < -0.3 is 4.90 Å². The molecule has 0 spiro atoms. The predicted octanol–water partition coefficient (Wildman–Crippen LogP) is 4.52. The highest BCUT2D eigenvalue weighted by Gasteiger charge is 2.44. The molecule has 184 valence electrons. The van der Waals surface area contributed by atoms with Crippen LogP contribution in [0, 0.1) is 23.3 Å². The number of amides is 1. The van der Waals surface area contributed by atoms with Gasteiger partial charge in [0.25, 0.3) is 5.91 Å². The molecule has 2 atom stereocenters. The fourth-order valence-corrected chi connectivity index (χ4v) is 5.56. The Hall–Kier alpha value is -4.02. The zero-order chi connectivity index (χ0) is 25.1. The average molecular weight is 496 g/mol. The van der Waals surface area contributed by atoms with Gasteiger partial charge in [-0.05, 0) is 49.9 Å². The maximum atomic E-state index is 14.8. The number of halogens is 4. The topological polar surface area (TPSA) is 68.8 Å². The van der Waals surface area contributed by atoms with Crippen LogP contribution in [0.2, 0.25) is 0 Å². The van der Waals surface area contributed by atoms with Gasteiger partial charge in [-0.3, -0.25) is 9.48 Å². The molecule has 2 aromatic heterocycles. The van der Waals surface area contributed by atoms with Gasteiger partial charge >= 0.3 is 0 Å². The lowest BCUT2D eigenvalue weighted by Gasteiger charge is -2.45. The summed E-state index contributed by atoms with van der Waals surface area (Å²) in [6.07, 6.45) is 5.39. The molecule has 2 aliphatic heterocycles. The quantitative estimate of drug-likeness (QED) is 0.309. The summed E-state index contributed by atoms with van der Waals surface area (Å²) < 4.78 is 58.0. The van der Waals surface area contributed by atoms with Crippen LogP contribution in [0.3, 0.4) is 0 Å². The molecule has 6 rings (SSSR count). The summed E-state index contributed by atoms with van der Waals surface area (Å²) >= 11 is 0. The second kappa shape index (κ2) is 8.28. The zero-order valence-corrected chi connectivity index (χ0v) is 19.1. The number of aryl methyl sites for hydroxylation is 1. The number of rotatable bonds is 3. The molecule has 4 aromatic rings. The molecule has 0 N–H and O–H groups in total. The van der Waals surface area contributed by atoms with Gasteiger partial charge in [-0.25, -0.2) is 17.6 Å². The minimum Gasteiger partial charge on any atom is -0.327 e. The van der Waals surface area contributed by atoms with Crippen molar-refractivity contribution in [2.45, 2.75) is 37.8 Å². The van der Waals surface area contributed by atoms with E-state index < -0.39 is 29.3 Å². The molecule has 1 saturated heterocycles. The van der Waals surface area contributed by atoms with Crippen LogP contribution in [-0.4, -0.2) is 41.6 Å². The third kappa shape index (κ3) is 3.33. The van der Waals surface area contributed by atoms with Gasteiger partial charge in [0.2, 0.25) is 0 Å². The minimum absolute atomic E-state index is 0.0321. The Labute approximate surface area is 202 Å². The summed E-state index contributed by atoms with van der Waals surface area (Å²) in [4.78, 5) is 16.7. The summed E-state index contributed by atoms with van der Waals surface area (Å²) in [6.45, 7) is 0. The molecule has 0 radical (unpaired) electrons. The van der Waals surface area contributed by atoms with Crippen LogP contribution in [0.15, 0.2) is 42.7 Å². The summed E-state index contributed by atoms with van der Waals surface area (Å²) in [5.74, 6) is -5.08. The fourth-order valence-electron chi connectivity index (χ4n) is 5.56. The first kappa shape index (κ1) is 22.4. The minimum atomic E-state index is -1.53. The third-order valence-electron chi connectivity index (χ3n) is 7.00. The van der Waals surface area contributed by atoms with E-state index in [1.807, 2.05) is 0 Å². The molecule has 0 saturated carbocycles. The monoisotopic (exact) mass is 496 g/mol. The maximum Gasteiger partial charge on any atom is 0.257 e. The number of fused-ring (bicyclic) bond motifs is 4. The number of nitrogens with zero attached hydrogens (tertiary/aromatic N) is 6. The molecule has 36 heavy (non-hydrogen) atoms. The second-order valence-corrected chi connectivity index (χ2v) is 9.06. The molecule has 0 unspecified atom stereocenters. The first-order valence-corrected chi connectivity index (χ1v) is 11.5. The van der Waals surface area contributed by atoms with E-state index >= 15 is 0 Å². The van der Waals surface area contributed by atoms with Gasteiger partial charge in [0.15, 0.2) is 23.3 Å². The highest BCUT2D eigenvalue weighted by atomic mass is 19.2. The number of hydrogen-bond donors (Lipinski definition) is 0. The van der Waals surface area contributed by atoms with Crippen LogP contribution in [0.1, 0.15) is 46.9 Å². The molecular formula is C25H20F4N6O. The summed E-state index contributed by atoms with van der Waals surface area (Å²) in [7, 11) is 1.65. The standard InChI is InChI=1S/C25H20F4N6O/c1-33-23(13-10-18(27)21(29)19(28)11-13)16-12-14-4-2-7-20(22(16)32-33)34(14)25(36)15-5-3-6-17(26)24(15)35-30-8-9-31-35/h3,5-6,8-11,14,20H,2,4,7,12H2,1H3/t14-,20+/m1/s1. The Morgan fingerprint density at radius 2 is 1.72 bits per heavy atom. The van der Waals surface area contributed by atoms with Crippen molar-refractivity contribution in [2.24, 2.45) is 7.05 Å². The van der Waals surface area contributed by atoms with E-state index in [9.17, 15) is 22.4 Å². The molecule has 7 nitrogen and oxygen atoms in total. The predicted molar refractivity (Wildman–Crippen MR) is 120 cm³/mol.